The maximum Gasteiger partial charge on any atom is 0.326 e. The summed E-state index contributed by atoms with van der Waals surface area (Å²) in [5.41, 5.74) is 2.19. The lowest BCUT2D eigenvalue weighted by atomic mass is 9.81. The van der Waals surface area contributed by atoms with Crippen LogP contribution in [0, 0.1) is 13.8 Å². The van der Waals surface area contributed by atoms with E-state index in [4.69, 9.17) is 0 Å². The number of carbonyl (C=O) groups is 3. The minimum Gasteiger partial charge on any atom is -0.341 e. The Morgan fingerprint density at radius 2 is 1.63 bits per heavy atom. The Bertz CT molecular complexity index is 982. The van der Waals surface area contributed by atoms with Gasteiger partial charge in [-0.15, -0.1) is 0 Å². The highest BCUT2D eigenvalue weighted by Gasteiger charge is 2.54. The third-order valence-electron chi connectivity index (χ3n) is 6.25. The normalized spacial score (nSPS) is 21.7. The average Bonchev–Trinajstić information content (AvgIpc) is 3.02. The second-order valence-corrected chi connectivity index (χ2v) is 8.18. The van der Waals surface area contributed by atoms with Crippen LogP contribution in [0.3, 0.4) is 0 Å². The first-order valence-corrected chi connectivity index (χ1v) is 10.5. The minimum absolute atomic E-state index is 0.179. The second-order valence-electron chi connectivity index (χ2n) is 8.18. The van der Waals surface area contributed by atoms with Crippen LogP contribution in [0.15, 0.2) is 48.5 Å². The largest absolute Gasteiger partial charge is 0.341 e. The van der Waals surface area contributed by atoms with Crippen LogP contribution >= 0.6 is 0 Å². The SMILES string of the molecule is Cc1ccc([C@@]2(c3ccccc3)NC(=O)N(CC(=O)N3CCCCC3)C2=O)cc1C. The molecule has 0 spiro atoms. The van der Waals surface area contributed by atoms with Crippen LogP contribution in [0.25, 0.3) is 0 Å². The number of hydrogen-bond donors (Lipinski definition) is 1. The highest BCUT2D eigenvalue weighted by molar-refractivity contribution is 6.11. The Morgan fingerprint density at radius 1 is 0.933 bits per heavy atom. The molecule has 6 nitrogen and oxygen atoms in total. The number of piperidine rings is 1. The van der Waals surface area contributed by atoms with E-state index in [0.717, 1.165) is 35.3 Å². The summed E-state index contributed by atoms with van der Waals surface area (Å²) >= 11 is 0. The van der Waals surface area contributed by atoms with Crippen molar-refractivity contribution in [1.29, 1.82) is 0 Å². The lowest BCUT2D eigenvalue weighted by molar-refractivity contribution is -0.139. The predicted molar refractivity (Wildman–Crippen MR) is 114 cm³/mol. The number of rotatable bonds is 4. The van der Waals surface area contributed by atoms with E-state index in [1.165, 1.54) is 0 Å². The van der Waals surface area contributed by atoms with E-state index < -0.39 is 17.5 Å². The molecule has 2 aromatic rings. The molecule has 2 aliphatic heterocycles. The van der Waals surface area contributed by atoms with Gasteiger partial charge in [0.05, 0.1) is 0 Å². The van der Waals surface area contributed by atoms with Gasteiger partial charge in [-0.3, -0.25) is 14.5 Å². The molecule has 0 aliphatic carbocycles. The van der Waals surface area contributed by atoms with E-state index in [0.29, 0.717) is 24.2 Å². The zero-order chi connectivity index (χ0) is 21.3. The summed E-state index contributed by atoms with van der Waals surface area (Å²) in [5.74, 6) is -0.588. The number of carbonyl (C=O) groups excluding carboxylic acids is 3. The summed E-state index contributed by atoms with van der Waals surface area (Å²) in [4.78, 5) is 42.3. The molecule has 2 saturated heterocycles. The maximum absolute atomic E-state index is 13.7. The fourth-order valence-corrected chi connectivity index (χ4v) is 4.32. The van der Waals surface area contributed by atoms with Crippen LogP contribution in [0.1, 0.15) is 41.5 Å². The molecule has 156 valence electrons. The third kappa shape index (κ3) is 3.36. The van der Waals surface area contributed by atoms with E-state index in [1.807, 2.05) is 62.4 Å². The zero-order valence-corrected chi connectivity index (χ0v) is 17.5. The van der Waals surface area contributed by atoms with E-state index in [2.05, 4.69) is 5.32 Å². The van der Waals surface area contributed by atoms with Crippen molar-refractivity contribution in [2.45, 2.75) is 38.6 Å². The molecule has 4 amide bonds. The molecular weight excluding hydrogens is 378 g/mol. The van der Waals surface area contributed by atoms with E-state index >= 15 is 0 Å². The van der Waals surface area contributed by atoms with Gasteiger partial charge in [-0.05, 0) is 55.4 Å². The van der Waals surface area contributed by atoms with Gasteiger partial charge in [0, 0.05) is 13.1 Å². The first kappa shape index (κ1) is 20.1. The quantitative estimate of drug-likeness (QED) is 0.795. The second kappa shape index (κ2) is 7.94. The Morgan fingerprint density at radius 3 is 2.30 bits per heavy atom. The lowest BCUT2D eigenvalue weighted by Gasteiger charge is -2.30. The van der Waals surface area contributed by atoms with Crippen LogP contribution in [-0.2, 0) is 15.1 Å². The molecular formula is C24H27N3O3. The number of amides is 4. The standard InChI is InChI=1S/C24H27N3O3/c1-17-11-12-20(15-18(17)2)24(19-9-5-3-6-10-19)22(29)27(23(30)25-24)16-21(28)26-13-7-4-8-14-26/h3,5-6,9-12,15H,4,7-8,13-14,16H2,1-2H3,(H,25,30)/t24-/m1/s1. The van der Waals surface area contributed by atoms with Gasteiger partial charge in [0.25, 0.3) is 5.91 Å². The molecule has 0 bridgehead atoms. The number of aryl methyl sites for hydroxylation is 2. The van der Waals surface area contributed by atoms with Crippen LogP contribution in [0.5, 0.6) is 0 Å². The summed E-state index contributed by atoms with van der Waals surface area (Å²) < 4.78 is 0. The van der Waals surface area contributed by atoms with Crippen molar-refractivity contribution in [2.75, 3.05) is 19.6 Å². The van der Waals surface area contributed by atoms with Gasteiger partial charge in [0.15, 0.2) is 5.54 Å². The van der Waals surface area contributed by atoms with Crippen LogP contribution in [0.4, 0.5) is 4.79 Å². The number of urea groups is 1. The number of nitrogens with one attached hydrogen (secondary N) is 1. The van der Waals surface area contributed by atoms with Gasteiger partial charge in [-0.2, -0.15) is 0 Å². The Labute approximate surface area is 176 Å². The number of benzene rings is 2. The van der Waals surface area contributed by atoms with Crippen molar-refractivity contribution in [3.63, 3.8) is 0 Å². The maximum atomic E-state index is 13.7. The first-order chi connectivity index (χ1) is 14.4. The number of nitrogens with zero attached hydrogens (tertiary/aromatic N) is 2. The van der Waals surface area contributed by atoms with Gasteiger partial charge in [-0.25, -0.2) is 4.79 Å². The van der Waals surface area contributed by atoms with Crippen molar-refractivity contribution >= 4 is 17.8 Å². The number of imide groups is 1. The molecule has 0 aromatic heterocycles. The summed E-state index contributed by atoms with van der Waals surface area (Å²) in [6.45, 7) is 5.13. The summed E-state index contributed by atoms with van der Waals surface area (Å²) in [7, 11) is 0. The summed E-state index contributed by atoms with van der Waals surface area (Å²) in [6, 6.07) is 14.5. The van der Waals surface area contributed by atoms with E-state index in [9.17, 15) is 14.4 Å². The average molecular weight is 405 g/mol. The number of hydrogen-bond acceptors (Lipinski definition) is 3. The Kier molecular flexibility index (Phi) is 5.33. The molecule has 0 saturated carbocycles. The molecule has 30 heavy (non-hydrogen) atoms. The Hall–Kier alpha value is -3.15. The van der Waals surface area contributed by atoms with Gasteiger partial charge >= 0.3 is 6.03 Å². The molecule has 0 unspecified atom stereocenters. The molecule has 4 rings (SSSR count). The van der Waals surface area contributed by atoms with Crippen LogP contribution in [-0.4, -0.2) is 47.3 Å². The molecule has 1 N–H and O–H groups in total. The van der Waals surface area contributed by atoms with Gasteiger partial charge < -0.3 is 10.2 Å². The van der Waals surface area contributed by atoms with Crippen LogP contribution < -0.4 is 5.32 Å². The monoisotopic (exact) mass is 405 g/mol. The zero-order valence-electron chi connectivity index (χ0n) is 17.5. The molecule has 2 aromatic carbocycles. The van der Waals surface area contributed by atoms with Crippen LogP contribution in [0.2, 0.25) is 0 Å². The van der Waals surface area contributed by atoms with Gasteiger partial charge in [-0.1, -0.05) is 48.5 Å². The summed E-state index contributed by atoms with van der Waals surface area (Å²) in [5, 5.41) is 2.92. The van der Waals surface area contributed by atoms with Crippen molar-refractivity contribution in [2.24, 2.45) is 0 Å². The molecule has 2 aliphatic rings. The first-order valence-electron chi connectivity index (χ1n) is 10.5. The molecule has 1 atom stereocenters. The fourth-order valence-electron chi connectivity index (χ4n) is 4.32. The van der Waals surface area contributed by atoms with Crippen molar-refractivity contribution in [3.05, 3.63) is 70.8 Å². The molecule has 6 heteroatoms. The van der Waals surface area contributed by atoms with Crippen molar-refractivity contribution in [1.82, 2.24) is 15.1 Å². The lowest BCUT2D eigenvalue weighted by Crippen LogP contribution is -2.47. The molecule has 2 fully saturated rings. The smallest absolute Gasteiger partial charge is 0.326 e. The highest BCUT2D eigenvalue weighted by Crippen LogP contribution is 2.36. The van der Waals surface area contributed by atoms with Gasteiger partial charge in [0.1, 0.15) is 6.54 Å². The van der Waals surface area contributed by atoms with Gasteiger partial charge in [0.2, 0.25) is 5.91 Å². The third-order valence-corrected chi connectivity index (χ3v) is 6.25. The Balaban J connectivity index is 1.72. The topological polar surface area (TPSA) is 69.7 Å². The molecule has 2 heterocycles. The molecule has 0 radical (unpaired) electrons. The highest BCUT2D eigenvalue weighted by atomic mass is 16.2. The van der Waals surface area contributed by atoms with E-state index in [-0.39, 0.29) is 12.5 Å². The number of likely N-dealkylation sites (tertiary alicyclic amines) is 1. The summed E-state index contributed by atoms with van der Waals surface area (Å²) in [6.07, 6.45) is 3.03. The van der Waals surface area contributed by atoms with Crippen molar-refractivity contribution in [3.8, 4) is 0 Å². The minimum atomic E-state index is -1.33. The van der Waals surface area contributed by atoms with E-state index in [1.54, 1.807) is 4.90 Å². The van der Waals surface area contributed by atoms with Crippen molar-refractivity contribution < 1.29 is 14.4 Å². The fraction of sp³-hybridized carbons (Fsp3) is 0.375. The predicted octanol–water partition coefficient (Wildman–Crippen LogP) is 3.11.